The zero-order chi connectivity index (χ0) is 12.5. The number of nitrogens with zero attached hydrogens (tertiary/aromatic N) is 2. The van der Waals surface area contributed by atoms with Crippen molar-refractivity contribution in [3.8, 4) is 0 Å². The van der Waals surface area contributed by atoms with Gasteiger partial charge in [0.1, 0.15) is 0 Å². The molecule has 0 aromatic carbocycles. The molecule has 5 nitrogen and oxygen atoms in total. The van der Waals surface area contributed by atoms with Crippen LogP contribution in [0, 0.1) is 0 Å². The predicted molar refractivity (Wildman–Crippen MR) is 67.6 cm³/mol. The van der Waals surface area contributed by atoms with E-state index in [0.717, 1.165) is 18.5 Å². The molecule has 0 spiro atoms. The van der Waals surface area contributed by atoms with Gasteiger partial charge in [-0.05, 0) is 18.9 Å². The summed E-state index contributed by atoms with van der Waals surface area (Å²) in [5, 5.41) is 3.03. The molecule has 3 rings (SSSR count). The summed E-state index contributed by atoms with van der Waals surface area (Å²) in [6.07, 6.45) is 5.91. The van der Waals surface area contributed by atoms with E-state index in [9.17, 15) is 4.79 Å². The Kier molecular flexibility index (Phi) is 2.91. The van der Waals surface area contributed by atoms with Crippen LogP contribution in [0.2, 0.25) is 0 Å². The summed E-state index contributed by atoms with van der Waals surface area (Å²) in [5.74, 6) is 0.0488. The van der Waals surface area contributed by atoms with Crippen LogP contribution in [0.1, 0.15) is 23.2 Å². The summed E-state index contributed by atoms with van der Waals surface area (Å²) in [6.45, 7) is 1.40. The van der Waals surface area contributed by atoms with Crippen molar-refractivity contribution in [1.82, 2.24) is 9.88 Å². The van der Waals surface area contributed by atoms with Gasteiger partial charge in [-0.25, -0.2) is 0 Å². The first-order valence-electron chi connectivity index (χ1n) is 6.34. The molecule has 2 fully saturated rings. The SMILES string of the molecule is CNc1ccncc1C(=O)N1CC2CCC(C1)O2. The van der Waals surface area contributed by atoms with Crippen LogP contribution in [0.25, 0.3) is 0 Å². The highest BCUT2D eigenvalue weighted by Crippen LogP contribution is 2.28. The summed E-state index contributed by atoms with van der Waals surface area (Å²) >= 11 is 0. The lowest BCUT2D eigenvalue weighted by Crippen LogP contribution is -2.46. The number of carbonyl (C=O) groups is 1. The van der Waals surface area contributed by atoms with Crippen LogP contribution in [-0.2, 0) is 4.74 Å². The number of likely N-dealkylation sites (tertiary alicyclic amines) is 1. The topological polar surface area (TPSA) is 54.5 Å². The Morgan fingerprint density at radius 1 is 1.44 bits per heavy atom. The van der Waals surface area contributed by atoms with E-state index in [1.54, 1.807) is 12.4 Å². The molecule has 0 aliphatic carbocycles. The standard InChI is InChI=1S/C13H17N3O2/c1-14-12-4-5-15-6-11(12)13(17)16-7-9-2-3-10(8-16)18-9/h4-6,9-10H,2-3,7-8H2,1H3,(H,14,15). The minimum atomic E-state index is 0.0488. The van der Waals surface area contributed by atoms with E-state index in [4.69, 9.17) is 4.74 Å². The zero-order valence-corrected chi connectivity index (χ0v) is 10.4. The summed E-state index contributed by atoms with van der Waals surface area (Å²) in [6, 6.07) is 1.82. The number of pyridine rings is 1. The number of carbonyl (C=O) groups excluding carboxylic acids is 1. The number of ether oxygens (including phenoxy) is 1. The van der Waals surface area contributed by atoms with Crippen molar-refractivity contribution in [2.75, 3.05) is 25.5 Å². The van der Waals surface area contributed by atoms with Gasteiger partial charge in [0.2, 0.25) is 0 Å². The molecule has 1 aromatic rings. The number of amides is 1. The van der Waals surface area contributed by atoms with Crippen molar-refractivity contribution in [3.05, 3.63) is 24.0 Å². The second kappa shape index (κ2) is 4.57. The predicted octanol–water partition coefficient (Wildman–Crippen LogP) is 1.13. The lowest BCUT2D eigenvalue weighted by atomic mass is 10.2. The van der Waals surface area contributed by atoms with Crippen molar-refractivity contribution in [1.29, 1.82) is 0 Å². The third kappa shape index (κ3) is 1.95. The van der Waals surface area contributed by atoms with Crippen LogP contribution in [0.5, 0.6) is 0 Å². The molecule has 2 saturated heterocycles. The van der Waals surface area contributed by atoms with Gasteiger partial charge in [0.05, 0.1) is 17.8 Å². The van der Waals surface area contributed by atoms with Gasteiger partial charge in [-0.15, -0.1) is 0 Å². The highest BCUT2D eigenvalue weighted by molar-refractivity contribution is 5.99. The summed E-state index contributed by atoms with van der Waals surface area (Å²) in [5.41, 5.74) is 1.47. The Morgan fingerprint density at radius 3 is 2.83 bits per heavy atom. The van der Waals surface area contributed by atoms with E-state index >= 15 is 0 Å². The average molecular weight is 247 g/mol. The smallest absolute Gasteiger partial charge is 0.257 e. The number of hydrogen-bond acceptors (Lipinski definition) is 4. The Labute approximate surface area is 106 Å². The number of fused-ring (bicyclic) bond motifs is 2. The van der Waals surface area contributed by atoms with Crippen molar-refractivity contribution < 1.29 is 9.53 Å². The second-order valence-electron chi connectivity index (χ2n) is 4.84. The minimum absolute atomic E-state index is 0.0488. The van der Waals surface area contributed by atoms with Crippen LogP contribution >= 0.6 is 0 Å². The molecular formula is C13H17N3O2. The van der Waals surface area contributed by atoms with E-state index in [2.05, 4.69) is 10.3 Å². The fraction of sp³-hybridized carbons (Fsp3) is 0.538. The summed E-state index contributed by atoms with van der Waals surface area (Å²) in [7, 11) is 1.81. The van der Waals surface area contributed by atoms with Crippen molar-refractivity contribution in [3.63, 3.8) is 0 Å². The quantitative estimate of drug-likeness (QED) is 0.851. The van der Waals surface area contributed by atoms with E-state index in [0.29, 0.717) is 18.7 Å². The lowest BCUT2D eigenvalue weighted by molar-refractivity contribution is -0.0303. The van der Waals surface area contributed by atoms with Gasteiger partial charge in [-0.2, -0.15) is 0 Å². The normalized spacial score (nSPS) is 26.2. The number of aromatic nitrogens is 1. The monoisotopic (exact) mass is 247 g/mol. The largest absolute Gasteiger partial charge is 0.387 e. The van der Waals surface area contributed by atoms with Crippen LogP contribution in [-0.4, -0.2) is 48.1 Å². The Balaban J connectivity index is 1.82. The van der Waals surface area contributed by atoms with Gasteiger partial charge in [-0.1, -0.05) is 0 Å². The molecule has 5 heteroatoms. The molecule has 2 aliphatic heterocycles. The van der Waals surface area contributed by atoms with Crippen LogP contribution in [0.4, 0.5) is 5.69 Å². The van der Waals surface area contributed by atoms with E-state index in [1.165, 1.54) is 0 Å². The Hall–Kier alpha value is -1.62. The molecule has 2 atom stereocenters. The van der Waals surface area contributed by atoms with Crippen molar-refractivity contribution in [2.24, 2.45) is 0 Å². The van der Waals surface area contributed by atoms with Gasteiger partial charge < -0.3 is 15.0 Å². The third-order valence-electron chi connectivity index (χ3n) is 3.65. The molecule has 2 unspecified atom stereocenters. The molecule has 96 valence electrons. The lowest BCUT2D eigenvalue weighted by Gasteiger charge is -2.32. The molecule has 1 amide bonds. The maximum absolute atomic E-state index is 12.5. The minimum Gasteiger partial charge on any atom is -0.387 e. The second-order valence-corrected chi connectivity index (χ2v) is 4.84. The molecule has 0 saturated carbocycles. The van der Waals surface area contributed by atoms with Crippen molar-refractivity contribution >= 4 is 11.6 Å². The van der Waals surface area contributed by atoms with Crippen LogP contribution < -0.4 is 5.32 Å². The van der Waals surface area contributed by atoms with Crippen LogP contribution in [0.15, 0.2) is 18.5 Å². The molecule has 2 aliphatic rings. The number of morpholine rings is 1. The Bertz CT molecular complexity index is 451. The highest BCUT2D eigenvalue weighted by Gasteiger charge is 2.36. The van der Waals surface area contributed by atoms with E-state index < -0.39 is 0 Å². The third-order valence-corrected chi connectivity index (χ3v) is 3.65. The maximum Gasteiger partial charge on any atom is 0.257 e. The summed E-state index contributed by atoms with van der Waals surface area (Å²) in [4.78, 5) is 18.4. The van der Waals surface area contributed by atoms with Crippen molar-refractivity contribution in [2.45, 2.75) is 25.0 Å². The fourth-order valence-corrected chi connectivity index (χ4v) is 2.73. The fourth-order valence-electron chi connectivity index (χ4n) is 2.73. The van der Waals surface area contributed by atoms with Gasteiger partial charge in [-0.3, -0.25) is 9.78 Å². The van der Waals surface area contributed by atoms with Gasteiger partial charge in [0.25, 0.3) is 5.91 Å². The first-order chi connectivity index (χ1) is 8.78. The van der Waals surface area contributed by atoms with Gasteiger partial charge in [0, 0.05) is 38.2 Å². The molecule has 1 aromatic heterocycles. The summed E-state index contributed by atoms with van der Waals surface area (Å²) < 4.78 is 5.74. The van der Waals surface area contributed by atoms with E-state index in [1.807, 2.05) is 18.0 Å². The maximum atomic E-state index is 12.5. The average Bonchev–Trinajstić information content (AvgIpc) is 2.76. The van der Waals surface area contributed by atoms with Crippen LogP contribution in [0.3, 0.4) is 0 Å². The first-order valence-corrected chi connectivity index (χ1v) is 6.34. The number of hydrogen-bond donors (Lipinski definition) is 1. The first kappa shape index (κ1) is 11.5. The molecule has 0 radical (unpaired) electrons. The number of rotatable bonds is 2. The Morgan fingerprint density at radius 2 is 2.17 bits per heavy atom. The molecule has 18 heavy (non-hydrogen) atoms. The molecule has 2 bridgehead atoms. The molecule has 3 heterocycles. The number of nitrogens with one attached hydrogen (secondary N) is 1. The number of anilines is 1. The van der Waals surface area contributed by atoms with Gasteiger partial charge >= 0.3 is 0 Å². The molecule has 1 N–H and O–H groups in total. The highest BCUT2D eigenvalue weighted by atomic mass is 16.5. The molecular weight excluding hydrogens is 230 g/mol. The zero-order valence-electron chi connectivity index (χ0n) is 10.4. The van der Waals surface area contributed by atoms with E-state index in [-0.39, 0.29) is 18.1 Å². The van der Waals surface area contributed by atoms with Gasteiger partial charge in [0.15, 0.2) is 0 Å².